The Kier molecular flexibility index (Phi) is 7.01. The van der Waals surface area contributed by atoms with Gasteiger partial charge in [0.15, 0.2) is 11.6 Å². The van der Waals surface area contributed by atoms with E-state index < -0.39 is 17.6 Å². The van der Waals surface area contributed by atoms with Crippen molar-refractivity contribution in [2.75, 3.05) is 36.8 Å². The number of hydroxylamine groups is 2. The highest BCUT2D eigenvalue weighted by Gasteiger charge is 2.40. The molecule has 3 N–H and O–H groups in total. The molecule has 2 aliphatic heterocycles. The van der Waals surface area contributed by atoms with Crippen molar-refractivity contribution in [1.82, 2.24) is 20.5 Å². The Morgan fingerprint density at radius 1 is 1.31 bits per heavy atom. The SMILES string of the molecule is Cc1nc(NNC(=O)[C@H](CC2CCCC2)CN(O)C=O)c(F)c(N2CC3OCOC3C2)n1. The van der Waals surface area contributed by atoms with Crippen LogP contribution in [0.25, 0.3) is 0 Å². The first-order valence-electron chi connectivity index (χ1n) is 10.9. The maximum atomic E-state index is 15.2. The fourth-order valence-corrected chi connectivity index (χ4v) is 4.69. The standard InChI is InChI=1S/C20H29FN6O5/c1-12-22-18(17(21)19(23-12)26-8-15-16(9-26)32-11-31-15)24-25-20(29)14(7-27(30)10-28)6-13-4-2-3-5-13/h10,13-16,30H,2-9,11H2,1H3,(H,25,29)(H,22,23,24)/t14-,15?,16?/m1/s1. The highest BCUT2D eigenvalue weighted by atomic mass is 19.1. The Bertz CT molecular complexity index is 827. The molecule has 12 heteroatoms. The van der Waals surface area contributed by atoms with Gasteiger partial charge in [0, 0.05) is 13.1 Å². The highest BCUT2D eigenvalue weighted by Crippen LogP contribution is 2.31. The van der Waals surface area contributed by atoms with Gasteiger partial charge in [-0.25, -0.2) is 15.0 Å². The summed E-state index contributed by atoms with van der Waals surface area (Å²) >= 11 is 0. The Morgan fingerprint density at radius 3 is 2.66 bits per heavy atom. The minimum absolute atomic E-state index is 0.112. The molecule has 11 nitrogen and oxygen atoms in total. The molecule has 32 heavy (non-hydrogen) atoms. The number of hydrogen-bond acceptors (Lipinski definition) is 9. The minimum atomic E-state index is -0.695. The van der Waals surface area contributed by atoms with Crippen LogP contribution in [0.4, 0.5) is 16.0 Å². The van der Waals surface area contributed by atoms with Crippen LogP contribution in [0.15, 0.2) is 0 Å². The number of amides is 2. The van der Waals surface area contributed by atoms with Crippen molar-refractivity contribution in [3.63, 3.8) is 0 Å². The molecule has 3 heterocycles. The number of carbonyl (C=O) groups excluding carboxylic acids is 2. The largest absolute Gasteiger partial charge is 0.349 e. The van der Waals surface area contributed by atoms with E-state index in [1.165, 1.54) is 0 Å². The third-order valence-corrected chi connectivity index (χ3v) is 6.32. The molecule has 0 spiro atoms. The minimum Gasteiger partial charge on any atom is -0.349 e. The van der Waals surface area contributed by atoms with Crippen molar-refractivity contribution < 1.29 is 28.7 Å². The van der Waals surface area contributed by atoms with Crippen molar-refractivity contribution in [2.45, 2.75) is 51.2 Å². The lowest BCUT2D eigenvalue weighted by molar-refractivity contribution is -0.154. The summed E-state index contributed by atoms with van der Waals surface area (Å²) in [5.41, 5.74) is 5.05. The number of aryl methyl sites for hydroxylation is 1. The first-order valence-corrected chi connectivity index (χ1v) is 10.9. The average Bonchev–Trinajstić information content (AvgIpc) is 3.51. The van der Waals surface area contributed by atoms with E-state index >= 15 is 4.39 Å². The molecule has 2 amide bonds. The van der Waals surface area contributed by atoms with Crippen LogP contribution in [0, 0.1) is 24.6 Å². The van der Waals surface area contributed by atoms with E-state index in [2.05, 4.69) is 20.8 Å². The fraction of sp³-hybridized carbons (Fsp3) is 0.700. The van der Waals surface area contributed by atoms with Crippen molar-refractivity contribution in [1.29, 1.82) is 0 Å². The number of halogens is 1. The summed E-state index contributed by atoms with van der Waals surface area (Å²) in [6.45, 7) is 2.64. The molecule has 0 bridgehead atoms. The molecule has 0 radical (unpaired) electrons. The van der Waals surface area contributed by atoms with Gasteiger partial charge in [-0.1, -0.05) is 25.7 Å². The molecule has 2 unspecified atom stereocenters. The van der Waals surface area contributed by atoms with Crippen molar-refractivity contribution in [3.8, 4) is 0 Å². The zero-order valence-electron chi connectivity index (χ0n) is 18.0. The van der Waals surface area contributed by atoms with Crippen molar-refractivity contribution in [3.05, 3.63) is 11.6 Å². The van der Waals surface area contributed by atoms with Gasteiger partial charge >= 0.3 is 0 Å². The summed E-state index contributed by atoms with van der Waals surface area (Å²) in [5, 5.41) is 10.1. The summed E-state index contributed by atoms with van der Waals surface area (Å²) in [6.07, 6.45) is 4.78. The third kappa shape index (κ3) is 5.08. The van der Waals surface area contributed by atoms with E-state index in [1.807, 2.05) is 0 Å². The number of carbonyl (C=O) groups is 2. The first-order chi connectivity index (χ1) is 15.4. The number of nitrogens with one attached hydrogen (secondary N) is 2. The third-order valence-electron chi connectivity index (χ3n) is 6.32. The number of rotatable bonds is 9. The lowest BCUT2D eigenvalue weighted by atomic mass is 9.92. The molecule has 176 valence electrons. The van der Waals surface area contributed by atoms with Gasteiger partial charge in [0.25, 0.3) is 0 Å². The predicted octanol–water partition coefficient (Wildman–Crippen LogP) is 0.973. The maximum absolute atomic E-state index is 15.2. The summed E-state index contributed by atoms with van der Waals surface area (Å²) in [4.78, 5) is 33.7. The van der Waals surface area contributed by atoms with E-state index in [0.717, 1.165) is 25.7 Å². The molecule has 0 aromatic carbocycles. The first kappa shape index (κ1) is 22.6. The van der Waals surface area contributed by atoms with Crippen LogP contribution in [0.2, 0.25) is 0 Å². The molecule has 1 aromatic heterocycles. The number of nitrogens with zero attached hydrogens (tertiary/aromatic N) is 4. The Hall–Kier alpha value is -2.57. The van der Waals surface area contributed by atoms with Crippen LogP contribution >= 0.6 is 0 Å². The van der Waals surface area contributed by atoms with Crippen LogP contribution in [0.5, 0.6) is 0 Å². The molecule has 3 fully saturated rings. The van der Waals surface area contributed by atoms with Crippen LogP contribution in [0.1, 0.15) is 37.9 Å². The number of anilines is 2. The van der Waals surface area contributed by atoms with Gasteiger partial charge in [-0.2, -0.15) is 4.39 Å². The maximum Gasteiger partial charge on any atom is 0.243 e. The van der Waals surface area contributed by atoms with Crippen LogP contribution in [0.3, 0.4) is 0 Å². The van der Waals surface area contributed by atoms with Crippen molar-refractivity contribution >= 4 is 24.0 Å². The zero-order valence-corrected chi connectivity index (χ0v) is 18.0. The molecule has 1 aliphatic carbocycles. The fourth-order valence-electron chi connectivity index (χ4n) is 4.69. The van der Waals surface area contributed by atoms with Gasteiger partial charge < -0.3 is 14.4 Å². The molecule has 2 saturated heterocycles. The molecule has 1 saturated carbocycles. The molecular weight excluding hydrogens is 423 g/mol. The Labute approximate surface area is 185 Å². The molecule has 4 rings (SSSR count). The lowest BCUT2D eigenvalue weighted by Crippen LogP contribution is -2.41. The monoisotopic (exact) mass is 452 g/mol. The van der Waals surface area contributed by atoms with Gasteiger partial charge in [-0.15, -0.1) is 0 Å². The molecular formula is C20H29FN6O5. The second-order valence-corrected chi connectivity index (χ2v) is 8.61. The second kappa shape index (κ2) is 9.92. The zero-order chi connectivity index (χ0) is 22.7. The smallest absolute Gasteiger partial charge is 0.243 e. The lowest BCUT2D eigenvalue weighted by Gasteiger charge is -2.23. The highest BCUT2D eigenvalue weighted by molar-refractivity contribution is 5.80. The summed E-state index contributed by atoms with van der Waals surface area (Å²) in [6, 6.07) is 0. The topological polar surface area (TPSA) is 129 Å². The Balaban J connectivity index is 1.42. The molecule has 1 aromatic rings. The summed E-state index contributed by atoms with van der Waals surface area (Å²) in [5.74, 6) is -1.14. The average molecular weight is 452 g/mol. The van der Waals surface area contributed by atoms with E-state index in [1.54, 1.807) is 11.8 Å². The van der Waals surface area contributed by atoms with E-state index in [9.17, 15) is 14.8 Å². The molecule has 3 aliphatic rings. The predicted molar refractivity (Wildman–Crippen MR) is 110 cm³/mol. The molecule has 3 atom stereocenters. The number of ether oxygens (including phenoxy) is 2. The van der Waals surface area contributed by atoms with Crippen molar-refractivity contribution in [2.24, 2.45) is 11.8 Å². The number of hydrogen-bond donors (Lipinski definition) is 3. The van der Waals surface area contributed by atoms with Gasteiger partial charge in [0.1, 0.15) is 24.8 Å². The van der Waals surface area contributed by atoms with E-state index in [4.69, 9.17) is 9.47 Å². The Morgan fingerprint density at radius 2 is 2.00 bits per heavy atom. The van der Waals surface area contributed by atoms with Gasteiger partial charge in [0.05, 0.1) is 12.5 Å². The van der Waals surface area contributed by atoms with Gasteiger partial charge in [0.2, 0.25) is 18.1 Å². The second-order valence-electron chi connectivity index (χ2n) is 8.61. The number of fused-ring (bicyclic) bond motifs is 1. The summed E-state index contributed by atoms with van der Waals surface area (Å²) in [7, 11) is 0. The van der Waals surface area contributed by atoms with Crippen LogP contribution in [-0.2, 0) is 19.1 Å². The quantitative estimate of drug-likeness (QED) is 0.285. The van der Waals surface area contributed by atoms with Crippen LogP contribution in [-0.4, -0.2) is 71.2 Å². The summed E-state index contributed by atoms with van der Waals surface area (Å²) < 4.78 is 26.1. The number of hydrazine groups is 1. The van der Waals surface area contributed by atoms with Crippen LogP contribution < -0.4 is 15.8 Å². The van der Waals surface area contributed by atoms with Gasteiger partial charge in [-0.05, 0) is 19.3 Å². The normalized spacial score (nSPS) is 23.8. The van der Waals surface area contributed by atoms with Gasteiger partial charge in [-0.3, -0.25) is 25.6 Å². The number of aromatic nitrogens is 2. The van der Waals surface area contributed by atoms with E-state index in [0.29, 0.717) is 36.3 Å². The van der Waals surface area contributed by atoms with E-state index in [-0.39, 0.29) is 43.6 Å².